The molecule has 0 spiro atoms. The van der Waals surface area contributed by atoms with Crippen LogP contribution in [0.15, 0.2) is 59.3 Å². The summed E-state index contributed by atoms with van der Waals surface area (Å²) in [6.45, 7) is 2.25. The predicted molar refractivity (Wildman–Crippen MR) is 116 cm³/mol. The fourth-order valence-electron chi connectivity index (χ4n) is 4.55. The summed E-state index contributed by atoms with van der Waals surface area (Å²) in [5.41, 5.74) is 2.74. The number of carbonyl (C=O) groups excluding carboxylic acids is 1. The van der Waals surface area contributed by atoms with Crippen LogP contribution in [0.1, 0.15) is 16.8 Å². The second-order valence-corrected chi connectivity index (χ2v) is 8.40. The van der Waals surface area contributed by atoms with Crippen LogP contribution in [0.3, 0.4) is 0 Å². The molecule has 0 radical (unpaired) electrons. The number of halogens is 1. The third kappa shape index (κ3) is 3.06. The molecule has 2 atom stereocenters. The highest BCUT2D eigenvalue weighted by Gasteiger charge is 2.45. The van der Waals surface area contributed by atoms with Crippen LogP contribution >= 0.6 is 11.6 Å². The number of para-hydroxylation sites is 1. The molecule has 6 rings (SSSR count). The summed E-state index contributed by atoms with van der Waals surface area (Å²) in [7, 11) is 0. The minimum absolute atomic E-state index is 0.0115. The highest BCUT2D eigenvalue weighted by molar-refractivity contribution is 6.31. The van der Waals surface area contributed by atoms with Crippen molar-refractivity contribution in [3.63, 3.8) is 0 Å². The summed E-state index contributed by atoms with van der Waals surface area (Å²) in [4.78, 5) is 23.6. The third-order valence-corrected chi connectivity index (χ3v) is 6.43. The molecule has 1 amide bonds. The van der Waals surface area contributed by atoms with Gasteiger partial charge in [0, 0.05) is 30.6 Å². The van der Waals surface area contributed by atoms with Crippen molar-refractivity contribution in [2.75, 3.05) is 24.5 Å². The molecule has 0 unspecified atom stereocenters. The highest BCUT2D eigenvalue weighted by atomic mass is 35.5. The van der Waals surface area contributed by atoms with Gasteiger partial charge < -0.3 is 14.2 Å². The number of benzene rings is 2. The Balaban J connectivity index is 1.25. The molecule has 31 heavy (non-hydrogen) atoms. The van der Waals surface area contributed by atoms with Crippen molar-refractivity contribution < 1.29 is 9.21 Å². The molecule has 2 aliphatic heterocycles. The summed E-state index contributed by atoms with van der Waals surface area (Å²) in [5.74, 6) is 0.522. The van der Waals surface area contributed by atoms with E-state index in [1.54, 1.807) is 24.5 Å². The van der Waals surface area contributed by atoms with Crippen molar-refractivity contribution in [1.29, 1.82) is 0 Å². The number of hydrogen-bond donors (Lipinski definition) is 0. The predicted octanol–water partition coefficient (Wildman–Crippen LogP) is 3.41. The number of fused-ring (bicyclic) bond motifs is 2. The van der Waals surface area contributed by atoms with Gasteiger partial charge in [-0.3, -0.25) is 4.79 Å². The Bertz CT molecular complexity index is 1270. The largest absolute Gasteiger partial charge is 0.423 e. The number of rotatable bonds is 3. The second-order valence-electron chi connectivity index (χ2n) is 7.96. The van der Waals surface area contributed by atoms with Crippen LogP contribution < -0.4 is 4.90 Å². The van der Waals surface area contributed by atoms with Crippen LogP contribution in [-0.4, -0.2) is 56.5 Å². The molecular formula is C22H19ClN6O2. The number of hydrogen-bond acceptors (Lipinski definition) is 6. The van der Waals surface area contributed by atoms with Crippen molar-refractivity contribution in [3.8, 4) is 5.69 Å². The SMILES string of the molecule is O=C(c1ccccc1-n1nccn1)N1CC[C@H]2CN(c3nc4cc(Cl)ccc4o3)[C@H]2C1. The van der Waals surface area contributed by atoms with E-state index in [1.165, 1.54) is 4.80 Å². The van der Waals surface area contributed by atoms with Crippen LogP contribution in [0, 0.1) is 5.92 Å². The smallest absolute Gasteiger partial charge is 0.298 e. The van der Waals surface area contributed by atoms with E-state index >= 15 is 0 Å². The maximum absolute atomic E-state index is 13.4. The maximum atomic E-state index is 13.4. The topological polar surface area (TPSA) is 80.3 Å². The zero-order chi connectivity index (χ0) is 20.9. The standard InChI is InChI=1S/C22H19ClN6O2/c23-15-5-6-20-17(11-15)26-22(31-20)28-12-14-7-10-27(13-19(14)28)21(30)16-3-1-2-4-18(16)29-24-8-9-25-29/h1-6,8-9,11,14,19H,7,10,12-13H2/t14-,19-/m0/s1. The molecule has 4 aromatic rings. The lowest BCUT2D eigenvalue weighted by molar-refractivity contribution is 0.0583. The minimum atomic E-state index is -0.0115. The molecule has 156 valence electrons. The Labute approximate surface area is 183 Å². The van der Waals surface area contributed by atoms with E-state index in [2.05, 4.69) is 20.1 Å². The first-order chi connectivity index (χ1) is 15.2. The number of anilines is 1. The van der Waals surface area contributed by atoms with E-state index in [0.29, 0.717) is 40.3 Å². The van der Waals surface area contributed by atoms with Crippen molar-refractivity contribution in [2.45, 2.75) is 12.5 Å². The van der Waals surface area contributed by atoms with Gasteiger partial charge in [0.25, 0.3) is 11.9 Å². The lowest BCUT2D eigenvalue weighted by Gasteiger charge is -2.52. The monoisotopic (exact) mass is 434 g/mol. The number of piperidine rings is 1. The van der Waals surface area contributed by atoms with E-state index in [4.69, 9.17) is 16.0 Å². The molecule has 4 heterocycles. The summed E-state index contributed by atoms with van der Waals surface area (Å²) in [6.07, 6.45) is 4.17. The second kappa shape index (κ2) is 7.09. The number of nitrogens with zero attached hydrogens (tertiary/aromatic N) is 6. The lowest BCUT2D eigenvalue weighted by Crippen LogP contribution is -2.65. The van der Waals surface area contributed by atoms with Gasteiger partial charge in [-0.15, -0.1) is 0 Å². The number of oxazole rings is 1. The average molecular weight is 435 g/mol. The van der Waals surface area contributed by atoms with Gasteiger partial charge in [-0.2, -0.15) is 20.0 Å². The van der Waals surface area contributed by atoms with E-state index in [9.17, 15) is 4.79 Å². The zero-order valence-corrected chi connectivity index (χ0v) is 17.3. The Morgan fingerprint density at radius 3 is 2.81 bits per heavy atom. The van der Waals surface area contributed by atoms with E-state index in [0.717, 1.165) is 25.0 Å². The molecule has 2 saturated heterocycles. The molecular weight excluding hydrogens is 416 g/mol. The first kappa shape index (κ1) is 18.4. The van der Waals surface area contributed by atoms with Gasteiger partial charge in [0.2, 0.25) is 0 Å². The van der Waals surface area contributed by atoms with E-state index in [1.807, 2.05) is 35.2 Å². The fourth-order valence-corrected chi connectivity index (χ4v) is 4.72. The first-order valence-electron chi connectivity index (χ1n) is 10.2. The van der Waals surface area contributed by atoms with Crippen LogP contribution in [0.5, 0.6) is 0 Å². The van der Waals surface area contributed by atoms with Gasteiger partial charge in [-0.25, -0.2) is 0 Å². The molecule has 0 saturated carbocycles. The van der Waals surface area contributed by atoms with Gasteiger partial charge in [0.05, 0.1) is 29.7 Å². The van der Waals surface area contributed by atoms with Crippen LogP contribution in [0.25, 0.3) is 16.8 Å². The Morgan fingerprint density at radius 1 is 1.10 bits per heavy atom. The average Bonchev–Trinajstić information content (AvgIpc) is 3.44. The van der Waals surface area contributed by atoms with E-state index in [-0.39, 0.29) is 11.9 Å². The van der Waals surface area contributed by atoms with Crippen LogP contribution in [0.2, 0.25) is 5.02 Å². The van der Waals surface area contributed by atoms with Gasteiger partial charge >= 0.3 is 0 Å². The molecule has 0 aliphatic carbocycles. The molecule has 0 bridgehead atoms. The maximum Gasteiger partial charge on any atom is 0.298 e. The fraction of sp³-hybridized carbons (Fsp3) is 0.273. The summed E-state index contributed by atoms with van der Waals surface area (Å²) in [5, 5.41) is 9.01. The van der Waals surface area contributed by atoms with Crippen LogP contribution in [-0.2, 0) is 0 Å². The molecule has 0 N–H and O–H groups in total. The van der Waals surface area contributed by atoms with Gasteiger partial charge in [-0.05, 0) is 36.8 Å². The normalized spacial score (nSPS) is 20.5. The zero-order valence-electron chi connectivity index (χ0n) is 16.6. The minimum Gasteiger partial charge on any atom is -0.423 e. The van der Waals surface area contributed by atoms with Gasteiger partial charge in [-0.1, -0.05) is 23.7 Å². The molecule has 2 aromatic heterocycles. The summed E-state index contributed by atoms with van der Waals surface area (Å²) >= 11 is 6.08. The van der Waals surface area contributed by atoms with Crippen molar-refractivity contribution in [1.82, 2.24) is 24.9 Å². The van der Waals surface area contributed by atoms with Crippen molar-refractivity contribution in [3.05, 3.63) is 65.4 Å². The third-order valence-electron chi connectivity index (χ3n) is 6.19. The van der Waals surface area contributed by atoms with E-state index < -0.39 is 0 Å². The first-order valence-corrected chi connectivity index (χ1v) is 10.6. The number of likely N-dealkylation sites (tertiary alicyclic amines) is 1. The summed E-state index contributed by atoms with van der Waals surface area (Å²) in [6, 6.07) is 13.7. The molecule has 2 aliphatic rings. The number of carbonyl (C=O) groups is 1. The molecule has 9 heteroatoms. The Kier molecular flexibility index (Phi) is 4.21. The quantitative estimate of drug-likeness (QED) is 0.491. The molecule has 2 fully saturated rings. The molecule has 2 aromatic carbocycles. The highest BCUT2D eigenvalue weighted by Crippen LogP contribution is 2.38. The van der Waals surface area contributed by atoms with Crippen molar-refractivity contribution >= 4 is 34.6 Å². The van der Waals surface area contributed by atoms with Gasteiger partial charge in [0.15, 0.2) is 5.58 Å². The van der Waals surface area contributed by atoms with Crippen LogP contribution in [0.4, 0.5) is 6.01 Å². The number of amides is 1. The molecule has 8 nitrogen and oxygen atoms in total. The van der Waals surface area contributed by atoms with Gasteiger partial charge in [0.1, 0.15) is 5.52 Å². The Hall–Kier alpha value is -3.39. The number of aromatic nitrogens is 4. The Morgan fingerprint density at radius 2 is 1.94 bits per heavy atom. The van der Waals surface area contributed by atoms with Crippen molar-refractivity contribution in [2.24, 2.45) is 5.92 Å². The summed E-state index contributed by atoms with van der Waals surface area (Å²) < 4.78 is 5.96. The lowest BCUT2D eigenvalue weighted by atomic mass is 9.82.